The third-order valence-corrected chi connectivity index (χ3v) is 3.33. The molecule has 0 saturated heterocycles. The summed E-state index contributed by atoms with van der Waals surface area (Å²) in [6, 6.07) is 0.571. The van der Waals surface area contributed by atoms with E-state index >= 15 is 0 Å². The molecule has 1 N–H and O–H groups in total. The van der Waals surface area contributed by atoms with Crippen molar-refractivity contribution in [3.8, 4) is 0 Å². The Morgan fingerprint density at radius 3 is 2.59 bits per heavy atom. The van der Waals surface area contributed by atoms with E-state index in [9.17, 15) is 0 Å². The first kappa shape index (κ1) is 14.5. The third kappa shape index (κ3) is 4.32. The second kappa shape index (κ2) is 7.02. The number of unbranched alkanes of at least 4 members (excludes halogenated alkanes) is 1. The Labute approximate surface area is 110 Å². The van der Waals surface area contributed by atoms with Gasteiger partial charge in [-0.05, 0) is 32.2 Å². The van der Waals surface area contributed by atoms with E-state index in [1.807, 2.05) is 11.7 Å². The highest BCUT2D eigenvalue weighted by Gasteiger charge is 2.11. The Morgan fingerprint density at radius 2 is 2.06 bits per heavy atom. The number of aryl methyl sites for hydroxylation is 2. The van der Waals surface area contributed by atoms with Crippen LogP contribution in [0.2, 0.25) is 5.02 Å². The molecule has 0 fully saturated rings. The molecule has 0 unspecified atom stereocenters. The van der Waals surface area contributed by atoms with Gasteiger partial charge in [-0.3, -0.25) is 4.68 Å². The number of aromatic nitrogens is 2. The van der Waals surface area contributed by atoms with E-state index in [4.69, 9.17) is 11.6 Å². The molecule has 0 radical (unpaired) electrons. The topological polar surface area (TPSA) is 29.9 Å². The molecule has 0 atom stereocenters. The molecule has 0 amide bonds. The summed E-state index contributed by atoms with van der Waals surface area (Å²) in [5, 5.41) is 8.71. The molecule has 0 aliphatic carbocycles. The Kier molecular flexibility index (Phi) is 6.00. The second-order valence-electron chi connectivity index (χ2n) is 4.75. The maximum absolute atomic E-state index is 6.29. The van der Waals surface area contributed by atoms with E-state index < -0.39 is 0 Å². The van der Waals surface area contributed by atoms with Crippen LogP contribution in [0.4, 0.5) is 0 Å². The van der Waals surface area contributed by atoms with E-state index in [2.05, 4.69) is 31.2 Å². The van der Waals surface area contributed by atoms with Crippen molar-refractivity contribution in [2.75, 3.05) is 6.54 Å². The molecule has 0 aliphatic heterocycles. The van der Waals surface area contributed by atoms with Crippen LogP contribution in [0.25, 0.3) is 0 Å². The Balaban J connectivity index is 2.39. The minimum Gasteiger partial charge on any atom is -0.315 e. The van der Waals surface area contributed by atoms with Gasteiger partial charge >= 0.3 is 0 Å². The van der Waals surface area contributed by atoms with Crippen LogP contribution in [0.5, 0.6) is 0 Å². The standard InChI is InChI=1S/C13H24ClN3/c1-5-11-13(14)12(17(4)16-11)8-6-7-9-15-10(2)3/h10,15H,5-9H2,1-4H3. The van der Waals surface area contributed by atoms with Crippen molar-refractivity contribution in [1.29, 1.82) is 0 Å². The van der Waals surface area contributed by atoms with Crippen molar-refractivity contribution in [1.82, 2.24) is 15.1 Å². The first-order valence-corrected chi connectivity index (χ1v) is 6.87. The van der Waals surface area contributed by atoms with Gasteiger partial charge in [0.15, 0.2) is 0 Å². The van der Waals surface area contributed by atoms with Crippen molar-refractivity contribution < 1.29 is 0 Å². The zero-order chi connectivity index (χ0) is 12.8. The molecule has 0 saturated carbocycles. The highest BCUT2D eigenvalue weighted by atomic mass is 35.5. The summed E-state index contributed by atoms with van der Waals surface area (Å²) in [6.45, 7) is 7.51. The van der Waals surface area contributed by atoms with Gasteiger partial charge < -0.3 is 5.32 Å². The minimum atomic E-state index is 0.571. The molecular weight excluding hydrogens is 234 g/mol. The fraction of sp³-hybridized carbons (Fsp3) is 0.769. The maximum Gasteiger partial charge on any atom is 0.0849 e. The van der Waals surface area contributed by atoms with Gasteiger partial charge in [-0.25, -0.2) is 0 Å². The molecular formula is C13H24ClN3. The van der Waals surface area contributed by atoms with Crippen LogP contribution in [-0.2, 0) is 19.9 Å². The Morgan fingerprint density at radius 1 is 1.35 bits per heavy atom. The van der Waals surface area contributed by atoms with Gasteiger partial charge in [-0.1, -0.05) is 32.4 Å². The Bertz CT molecular complexity index is 345. The van der Waals surface area contributed by atoms with E-state index in [1.54, 1.807) is 0 Å². The SMILES string of the molecule is CCc1nn(C)c(CCCCNC(C)C)c1Cl. The molecule has 0 aliphatic rings. The molecule has 1 aromatic heterocycles. The maximum atomic E-state index is 6.29. The number of hydrogen-bond acceptors (Lipinski definition) is 2. The average Bonchev–Trinajstić information content (AvgIpc) is 2.54. The normalized spacial score (nSPS) is 11.4. The summed E-state index contributed by atoms with van der Waals surface area (Å²) >= 11 is 6.29. The zero-order valence-electron chi connectivity index (χ0n) is 11.4. The molecule has 98 valence electrons. The minimum absolute atomic E-state index is 0.571. The van der Waals surface area contributed by atoms with Gasteiger partial charge in [0, 0.05) is 13.1 Å². The Hall–Kier alpha value is -0.540. The van der Waals surface area contributed by atoms with E-state index in [1.165, 1.54) is 12.1 Å². The van der Waals surface area contributed by atoms with Crippen LogP contribution in [0, 0.1) is 0 Å². The lowest BCUT2D eigenvalue weighted by Crippen LogP contribution is -2.23. The van der Waals surface area contributed by atoms with Crippen molar-refractivity contribution in [2.45, 2.75) is 52.5 Å². The van der Waals surface area contributed by atoms with Gasteiger partial charge in [-0.2, -0.15) is 5.10 Å². The van der Waals surface area contributed by atoms with Crippen LogP contribution >= 0.6 is 11.6 Å². The van der Waals surface area contributed by atoms with E-state index in [-0.39, 0.29) is 0 Å². The lowest BCUT2D eigenvalue weighted by Gasteiger charge is -2.07. The molecule has 1 rings (SSSR count). The zero-order valence-corrected chi connectivity index (χ0v) is 12.1. The van der Waals surface area contributed by atoms with E-state index in [0.29, 0.717) is 6.04 Å². The highest BCUT2D eigenvalue weighted by Crippen LogP contribution is 2.22. The molecule has 3 nitrogen and oxygen atoms in total. The van der Waals surface area contributed by atoms with Crippen LogP contribution in [-0.4, -0.2) is 22.4 Å². The number of nitrogens with one attached hydrogen (secondary N) is 1. The first-order chi connectivity index (χ1) is 8.06. The molecule has 0 aromatic carbocycles. The smallest absolute Gasteiger partial charge is 0.0849 e. The van der Waals surface area contributed by atoms with Crippen molar-refractivity contribution in [3.05, 3.63) is 16.4 Å². The summed E-state index contributed by atoms with van der Waals surface area (Å²) < 4.78 is 1.93. The van der Waals surface area contributed by atoms with Crippen molar-refractivity contribution in [2.24, 2.45) is 7.05 Å². The summed E-state index contributed by atoms with van der Waals surface area (Å²) in [4.78, 5) is 0. The molecule has 1 heterocycles. The number of nitrogens with zero attached hydrogens (tertiary/aromatic N) is 2. The van der Waals surface area contributed by atoms with Gasteiger partial charge in [0.25, 0.3) is 0 Å². The summed E-state index contributed by atoms with van der Waals surface area (Å²) in [7, 11) is 1.98. The fourth-order valence-electron chi connectivity index (χ4n) is 1.90. The van der Waals surface area contributed by atoms with Gasteiger partial charge in [0.1, 0.15) is 0 Å². The number of rotatable bonds is 7. The number of halogens is 1. The molecule has 1 aromatic rings. The average molecular weight is 258 g/mol. The molecule has 4 heteroatoms. The lowest BCUT2D eigenvalue weighted by molar-refractivity contribution is 0.552. The van der Waals surface area contributed by atoms with Crippen molar-refractivity contribution in [3.63, 3.8) is 0 Å². The number of hydrogen-bond donors (Lipinski definition) is 1. The summed E-state index contributed by atoms with van der Waals surface area (Å²) in [6.07, 6.45) is 4.26. The summed E-state index contributed by atoms with van der Waals surface area (Å²) in [5.41, 5.74) is 2.19. The third-order valence-electron chi connectivity index (χ3n) is 2.90. The predicted molar refractivity (Wildman–Crippen MR) is 73.7 cm³/mol. The summed E-state index contributed by atoms with van der Waals surface area (Å²) in [5.74, 6) is 0. The van der Waals surface area contributed by atoms with Gasteiger partial charge in [0.2, 0.25) is 0 Å². The molecule has 0 bridgehead atoms. The first-order valence-electron chi connectivity index (χ1n) is 6.49. The van der Waals surface area contributed by atoms with Crippen LogP contribution in [0.15, 0.2) is 0 Å². The molecule has 0 spiro atoms. The van der Waals surface area contributed by atoms with Crippen LogP contribution in [0.3, 0.4) is 0 Å². The fourth-order valence-corrected chi connectivity index (χ4v) is 2.29. The monoisotopic (exact) mass is 257 g/mol. The van der Waals surface area contributed by atoms with Gasteiger partial charge in [0.05, 0.1) is 16.4 Å². The van der Waals surface area contributed by atoms with Crippen LogP contribution < -0.4 is 5.32 Å². The largest absolute Gasteiger partial charge is 0.315 e. The molecule has 17 heavy (non-hydrogen) atoms. The highest BCUT2D eigenvalue weighted by molar-refractivity contribution is 6.31. The lowest BCUT2D eigenvalue weighted by atomic mass is 10.1. The van der Waals surface area contributed by atoms with E-state index in [0.717, 1.165) is 36.5 Å². The second-order valence-corrected chi connectivity index (χ2v) is 5.13. The van der Waals surface area contributed by atoms with Crippen molar-refractivity contribution >= 4 is 11.6 Å². The van der Waals surface area contributed by atoms with Gasteiger partial charge in [-0.15, -0.1) is 0 Å². The van der Waals surface area contributed by atoms with Crippen LogP contribution in [0.1, 0.15) is 45.0 Å². The predicted octanol–water partition coefficient (Wildman–Crippen LogP) is 2.96. The quantitative estimate of drug-likeness (QED) is 0.762.